The van der Waals surface area contributed by atoms with Crippen LogP contribution >= 0.6 is 0 Å². The maximum absolute atomic E-state index is 14.2. The van der Waals surface area contributed by atoms with Crippen LogP contribution in [0.2, 0.25) is 0 Å². The van der Waals surface area contributed by atoms with Crippen LogP contribution < -0.4 is 10.6 Å². The predicted molar refractivity (Wildman–Crippen MR) is 87.2 cm³/mol. The molecule has 0 unspecified atom stereocenters. The van der Waals surface area contributed by atoms with Crippen molar-refractivity contribution in [1.82, 2.24) is 0 Å². The van der Waals surface area contributed by atoms with Crippen molar-refractivity contribution < 1.29 is 18.7 Å². The van der Waals surface area contributed by atoms with Crippen LogP contribution in [0.1, 0.15) is 27.6 Å². The van der Waals surface area contributed by atoms with Gasteiger partial charge in [0, 0.05) is 7.05 Å². The number of hydrogen-bond donors (Lipinski definition) is 1. The lowest BCUT2D eigenvalue weighted by molar-refractivity contribution is -0.131. The van der Waals surface area contributed by atoms with Gasteiger partial charge in [0.25, 0.3) is 11.8 Å². The zero-order chi connectivity index (χ0) is 17.3. The van der Waals surface area contributed by atoms with Gasteiger partial charge in [-0.2, -0.15) is 0 Å². The van der Waals surface area contributed by atoms with E-state index in [9.17, 15) is 14.0 Å². The molecule has 1 atom stereocenters. The van der Waals surface area contributed by atoms with Crippen LogP contribution in [0.5, 0.6) is 0 Å². The third-order valence-electron chi connectivity index (χ3n) is 4.14. The van der Waals surface area contributed by atoms with Crippen molar-refractivity contribution in [2.24, 2.45) is 5.73 Å². The molecule has 1 aliphatic heterocycles. The largest absolute Gasteiger partial charge is 0.366 e. The number of para-hydroxylation sites is 1. The number of likely N-dealkylation sites (N-methyl/N-ethyl adjacent to an activating group) is 1. The average Bonchev–Trinajstić information content (AvgIpc) is 2.59. The van der Waals surface area contributed by atoms with E-state index in [-0.39, 0.29) is 11.3 Å². The van der Waals surface area contributed by atoms with Gasteiger partial charge in [-0.05, 0) is 29.7 Å². The number of halogens is 1. The lowest BCUT2D eigenvalue weighted by atomic mass is 9.96. The fraction of sp³-hybridized carbons (Fsp3) is 0.222. The summed E-state index contributed by atoms with van der Waals surface area (Å²) < 4.78 is 19.9. The summed E-state index contributed by atoms with van der Waals surface area (Å²) in [5.41, 5.74) is 6.91. The quantitative estimate of drug-likeness (QED) is 0.939. The SMILES string of the molecule is CN(C(=O)[C@@H]1OCCc2ccccc21)c1c(F)cccc1C(N)=O. The second kappa shape index (κ2) is 6.41. The van der Waals surface area contributed by atoms with Gasteiger partial charge in [-0.25, -0.2) is 4.39 Å². The van der Waals surface area contributed by atoms with E-state index >= 15 is 0 Å². The zero-order valence-electron chi connectivity index (χ0n) is 13.2. The number of hydrogen-bond acceptors (Lipinski definition) is 3. The van der Waals surface area contributed by atoms with Gasteiger partial charge in [0.2, 0.25) is 0 Å². The third-order valence-corrected chi connectivity index (χ3v) is 4.14. The highest BCUT2D eigenvalue weighted by Gasteiger charge is 2.32. The second-order valence-corrected chi connectivity index (χ2v) is 5.60. The summed E-state index contributed by atoms with van der Waals surface area (Å²) in [5, 5.41) is 0. The predicted octanol–water partition coefficient (Wildman–Crippen LogP) is 2.20. The molecule has 6 heteroatoms. The summed E-state index contributed by atoms with van der Waals surface area (Å²) in [5.74, 6) is -1.94. The number of carbonyl (C=O) groups excluding carboxylic acids is 2. The van der Waals surface area contributed by atoms with Crippen LogP contribution in [-0.4, -0.2) is 25.5 Å². The normalized spacial score (nSPS) is 16.3. The molecule has 0 aliphatic carbocycles. The smallest absolute Gasteiger partial charge is 0.260 e. The summed E-state index contributed by atoms with van der Waals surface area (Å²) in [6.07, 6.45) is -0.115. The van der Waals surface area contributed by atoms with Gasteiger partial charge in [0.15, 0.2) is 6.10 Å². The molecule has 1 heterocycles. The van der Waals surface area contributed by atoms with Gasteiger partial charge in [0.1, 0.15) is 5.82 Å². The van der Waals surface area contributed by atoms with E-state index in [0.717, 1.165) is 22.4 Å². The standard InChI is InChI=1S/C18H17FN2O3/c1-21(15-13(17(20)22)7-4-8-14(15)19)18(23)16-12-6-3-2-5-11(12)9-10-24-16/h2-8,16H,9-10H2,1H3,(H2,20,22)/t16-/m1/s1. The van der Waals surface area contributed by atoms with Crippen molar-refractivity contribution >= 4 is 17.5 Å². The van der Waals surface area contributed by atoms with Gasteiger partial charge in [0.05, 0.1) is 17.9 Å². The molecule has 0 saturated heterocycles. The first kappa shape index (κ1) is 16.1. The summed E-state index contributed by atoms with van der Waals surface area (Å²) in [4.78, 5) is 25.5. The van der Waals surface area contributed by atoms with E-state index in [2.05, 4.69) is 0 Å². The Morgan fingerprint density at radius 3 is 2.71 bits per heavy atom. The first-order valence-corrected chi connectivity index (χ1v) is 7.56. The van der Waals surface area contributed by atoms with E-state index in [1.165, 1.54) is 25.2 Å². The Balaban J connectivity index is 1.99. The minimum atomic E-state index is -0.833. The minimum absolute atomic E-state index is 0.0463. The van der Waals surface area contributed by atoms with Gasteiger partial charge in [-0.1, -0.05) is 30.3 Å². The molecule has 24 heavy (non-hydrogen) atoms. The molecule has 0 bridgehead atoms. The number of nitrogens with two attached hydrogens (primary N) is 1. The Morgan fingerprint density at radius 2 is 1.96 bits per heavy atom. The molecule has 2 N–H and O–H groups in total. The molecule has 0 spiro atoms. The first-order valence-electron chi connectivity index (χ1n) is 7.56. The van der Waals surface area contributed by atoms with Gasteiger partial charge in [-0.3, -0.25) is 9.59 Å². The number of benzene rings is 2. The molecular weight excluding hydrogens is 311 g/mol. The van der Waals surface area contributed by atoms with Crippen molar-refractivity contribution in [3.05, 3.63) is 65.0 Å². The van der Waals surface area contributed by atoms with Crippen LogP contribution in [0, 0.1) is 5.82 Å². The molecule has 0 aromatic heterocycles. The molecular formula is C18H17FN2O3. The Kier molecular flexibility index (Phi) is 4.31. The van der Waals surface area contributed by atoms with Crippen LogP contribution in [0.15, 0.2) is 42.5 Å². The number of nitrogens with zero attached hydrogens (tertiary/aromatic N) is 1. The van der Waals surface area contributed by atoms with Gasteiger partial charge in [-0.15, -0.1) is 0 Å². The van der Waals surface area contributed by atoms with Gasteiger partial charge < -0.3 is 15.4 Å². The second-order valence-electron chi connectivity index (χ2n) is 5.60. The van der Waals surface area contributed by atoms with E-state index < -0.39 is 23.7 Å². The van der Waals surface area contributed by atoms with Crippen molar-refractivity contribution in [2.45, 2.75) is 12.5 Å². The molecule has 2 amide bonds. The van der Waals surface area contributed by atoms with Crippen molar-refractivity contribution in [3.8, 4) is 0 Å². The molecule has 0 radical (unpaired) electrons. The van der Waals surface area contributed by atoms with Crippen LogP contribution in [0.4, 0.5) is 10.1 Å². The minimum Gasteiger partial charge on any atom is -0.366 e. The number of anilines is 1. The molecule has 124 valence electrons. The van der Waals surface area contributed by atoms with Gasteiger partial charge >= 0.3 is 0 Å². The van der Waals surface area contributed by atoms with Crippen LogP contribution in [0.25, 0.3) is 0 Å². The van der Waals surface area contributed by atoms with Crippen molar-refractivity contribution in [1.29, 1.82) is 0 Å². The van der Waals surface area contributed by atoms with Crippen molar-refractivity contribution in [2.75, 3.05) is 18.6 Å². The fourth-order valence-corrected chi connectivity index (χ4v) is 2.94. The number of primary amides is 1. The number of rotatable bonds is 3. The van der Waals surface area contributed by atoms with E-state index in [0.29, 0.717) is 6.61 Å². The highest BCUT2D eigenvalue weighted by molar-refractivity contribution is 6.05. The Morgan fingerprint density at radius 1 is 1.21 bits per heavy atom. The summed E-state index contributed by atoms with van der Waals surface area (Å²) in [6, 6.07) is 11.4. The molecule has 3 rings (SSSR count). The topological polar surface area (TPSA) is 72.6 Å². The van der Waals surface area contributed by atoms with Crippen molar-refractivity contribution in [3.63, 3.8) is 0 Å². The zero-order valence-corrected chi connectivity index (χ0v) is 13.2. The average molecular weight is 328 g/mol. The molecule has 2 aromatic carbocycles. The lowest BCUT2D eigenvalue weighted by Gasteiger charge is -2.29. The molecule has 0 fully saturated rings. The summed E-state index contributed by atoms with van der Waals surface area (Å²) in [6.45, 7) is 0.404. The number of carbonyl (C=O) groups is 2. The summed E-state index contributed by atoms with van der Waals surface area (Å²) in [7, 11) is 1.41. The Labute approximate surface area is 138 Å². The van der Waals surface area contributed by atoms with E-state index in [1.54, 1.807) is 0 Å². The Bertz CT molecular complexity index is 807. The maximum atomic E-state index is 14.2. The number of ether oxygens (including phenoxy) is 1. The molecule has 2 aromatic rings. The fourth-order valence-electron chi connectivity index (χ4n) is 2.94. The molecule has 1 aliphatic rings. The third kappa shape index (κ3) is 2.76. The van der Waals surface area contributed by atoms with E-state index in [4.69, 9.17) is 10.5 Å². The summed E-state index contributed by atoms with van der Waals surface area (Å²) >= 11 is 0. The highest BCUT2D eigenvalue weighted by atomic mass is 19.1. The Hall–Kier alpha value is -2.73. The van der Waals surface area contributed by atoms with Crippen LogP contribution in [0.3, 0.4) is 0 Å². The molecule has 5 nitrogen and oxygen atoms in total. The molecule has 0 saturated carbocycles. The van der Waals surface area contributed by atoms with Crippen LogP contribution in [-0.2, 0) is 16.0 Å². The number of amides is 2. The number of fused-ring (bicyclic) bond motifs is 1. The first-order chi connectivity index (χ1) is 11.5. The highest BCUT2D eigenvalue weighted by Crippen LogP contribution is 2.31. The maximum Gasteiger partial charge on any atom is 0.260 e. The lowest BCUT2D eigenvalue weighted by Crippen LogP contribution is -2.37. The van der Waals surface area contributed by atoms with E-state index in [1.807, 2.05) is 24.3 Å². The monoisotopic (exact) mass is 328 g/mol.